The van der Waals surface area contributed by atoms with Gasteiger partial charge in [-0.05, 0) is 43.8 Å². The molecule has 20 heavy (non-hydrogen) atoms. The van der Waals surface area contributed by atoms with Crippen LogP contribution in [0.4, 0.5) is 0 Å². The fourth-order valence-corrected chi connectivity index (χ4v) is 1.72. The van der Waals surface area contributed by atoms with Crippen LogP contribution in [0.3, 0.4) is 0 Å². The Balaban J connectivity index is 2.92. The molecule has 1 aromatic rings. The third-order valence-electron chi connectivity index (χ3n) is 2.42. The van der Waals surface area contributed by atoms with Gasteiger partial charge in [-0.3, -0.25) is 4.79 Å². The minimum Gasteiger partial charge on any atom is -0.494 e. The molecule has 0 saturated carbocycles. The first kappa shape index (κ1) is 16.2. The smallest absolute Gasteiger partial charge is 0.247 e. The number of hydrazine groups is 1. The maximum atomic E-state index is 11.8. The van der Waals surface area contributed by atoms with Gasteiger partial charge in [-0.2, -0.15) is 0 Å². The van der Waals surface area contributed by atoms with Crippen LogP contribution in [0.1, 0.15) is 19.4 Å². The second-order valence-electron chi connectivity index (χ2n) is 3.96. The molecule has 7 heteroatoms. The lowest BCUT2D eigenvalue weighted by atomic mass is 10.1. The van der Waals surface area contributed by atoms with Gasteiger partial charge in [0.05, 0.1) is 19.6 Å². The van der Waals surface area contributed by atoms with E-state index in [1.807, 2.05) is 13.8 Å². The average molecular weight is 297 g/mol. The Morgan fingerprint density at radius 2 is 1.70 bits per heavy atom. The summed E-state index contributed by atoms with van der Waals surface area (Å²) in [5.41, 5.74) is 6.03. The Kier molecular flexibility index (Phi) is 6.20. The normalized spacial score (nSPS) is 9.95. The SMILES string of the molecule is CCOc1cc(CC(=O)N(N)C(N)=S)cc(OCC)c1. The molecule has 4 N–H and O–H groups in total. The maximum Gasteiger partial charge on any atom is 0.247 e. The van der Waals surface area contributed by atoms with Crippen molar-refractivity contribution in [3.05, 3.63) is 23.8 Å². The van der Waals surface area contributed by atoms with Crippen molar-refractivity contribution in [3.63, 3.8) is 0 Å². The van der Waals surface area contributed by atoms with Crippen LogP contribution < -0.4 is 21.1 Å². The second kappa shape index (κ2) is 7.66. The average Bonchev–Trinajstić information content (AvgIpc) is 2.38. The number of ether oxygens (including phenoxy) is 2. The molecule has 1 amide bonds. The molecule has 1 rings (SSSR count). The van der Waals surface area contributed by atoms with Crippen LogP contribution in [0.25, 0.3) is 0 Å². The van der Waals surface area contributed by atoms with Crippen LogP contribution in [0.5, 0.6) is 11.5 Å². The van der Waals surface area contributed by atoms with E-state index in [-0.39, 0.29) is 11.5 Å². The molecule has 0 heterocycles. The number of carbonyl (C=O) groups excluding carboxylic acids is 1. The van der Waals surface area contributed by atoms with Crippen LogP contribution in [0.2, 0.25) is 0 Å². The number of rotatable bonds is 6. The second-order valence-corrected chi connectivity index (χ2v) is 4.38. The van der Waals surface area contributed by atoms with Gasteiger partial charge in [-0.25, -0.2) is 10.9 Å². The topological polar surface area (TPSA) is 90.8 Å². The third-order valence-corrected chi connectivity index (χ3v) is 2.62. The van der Waals surface area contributed by atoms with Gasteiger partial charge >= 0.3 is 0 Å². The number of amides is 1. The van der Waals surface area contributed by atoms with E-state index in [1.165, 1.54) is 0 Å². The lowest BCUT2D eigenvalue weighted by Gasteiger charge is -2.15. The van der Waals surface area contributed by atoms with E-state index < -0.39 is 5.91 Å². The van der Waals surface area contributed by atoms with E-state index in [9.17, 15) is 4.79 Å². The Hall–Kier alpha value is -1.86. The largest absolute Gasteiger partial charge is 0.494 e. The van der Waals surface area contributed by atoms with Crippen LogP contribution in [0.15, 0.2) is 18.2 Å². The first-order chi connectivity index (χ1) is 9.47. The summed E-state index contributed by atoms with van der Waals surface area (Å²) in [6.45, 7) is 4.82. The molecule has 0 aliphatic carbocycles. The van der Waals surface area contributed by atoms with Gasteiger partial charge in [-0.1, -0.05) is 0 Å². The van der Waals surface area contributed by atoms with E-state index in [0.717, 1.165) is 10.6 Å². The van der Waals surface area contributed by atoms with E-state index in [1.54, 1.807) is 18.2 Å². The zero-order chi connectivity index (χ0) is 15.1. The summed E-state index contributed by atoms with van der Waals surface area (Å²) in [4.78, 5) is 11.8. The number of carbonyl (C=O) groups is 1. The van der Waals surface area contributed by atoms with Crippen molar-refractivity contribution in [2.45, 2.75) is 20.3 Å². The predicted molar refractivity (Wildman–Crippen MR) is 80.3 cm³/mol. The Morgan fingerprint density at radius 3 is 2.10 bits per heavy atom. The quantitative estimate of drug-likeness (QED) is 0.352. The van der Waals surface area contributed by atoms with Gasteiger partial charge < -0.3 is 15.2 Å². The molecule has 6 nitrogen and oxygen atoms in total. The standard InChI is InChI=1S/C13H19N3O3S/c1-3-18-10-5-9(6-11(8-10)19-4-2)7-12(17)16(15)13(14)20/h5-6,8H,3-4,7,15H2,1-2H3,(H2,14,20). The summed E-state index contributed by atoms with van der Waals surface area (Å²) in [5, 5.41) is 0.587. The van der Waals surface area contributed by atoms with E-state index in [0.29, 0.717) is 24.7 Å². The molecule has 0 radical (unpaired) electrons. The van der Waals surface area contributed by atoms with Crippen LogP contribution in [-0.2, 0) is 11.2 Å². The summed E-state index contributed by atoms with van der Waals surface area (Å²) < 4.78 is 10.9. The molecular weight excluding hydrogens is 278 g/mol. The zero-order valence-corrected chi connectivity index (χ0v) is 12.4. The van der Waals surface area contributed by atoms with E-state index in [4.69, 9.17) is 21.1 Å². The molecule has 1 aromatic carbocycles. The highest BCUT2D eigenvalue weighted by atomic mass is 32.1. The molecule has 0 bridgehead atoms. The number of benzene rings is 1. The number of thiocarbonyl (C=S) groups is 1. The molecule has 0 aliphatic rings. The van der Waals surface area contributed by atoms with E-state index in [2.05, 4.69) is 12.2 Å². The predicted octanol–water partition coefficient (Wildman–Crippen LogP) is 0.972. The van der Waals surface area contributed by atoms with Crippen molar-refractivity contribution < 1.29 is 14.3 Å². The lowest BCUT2D eigenvalue weighted by molar-refractivity contribution is -0.126. The van der Waals surface area contributed by atoms with Gasteiger partial charge in [0, 0.05) is 6.07 Å². The Morgan fingerprint density at radius 1 is 1.20 bits per heavy atom. The van der Waals surface area contributed by atoms with Crippen LogP contribution in [0, 0.1) is 0 Å². The summed E-state index contributed by atoms with van der Waals surface area (Å²) in [7, 11) is 0. The third kappa shape index (κ3) is 4.67. The Labute approximate surface area is 123 Å². The van der Waals surface area contributed by atoms with Crippen molar-refractivity contribution in [1.82, 2.24) is 5.01 Å². The lowest BCUT2D eigenvalue weighted by Crippen LogP contribution is -2.46. The molecule has 0 aromatic heterocycles. The molecule has 0 saturated heterocycles. The molecule has 110 valence electrons. The highest BCUT2D eigenvalue weighted by Crippen LogP contribution is 2.23. The van der Waals surface area contributed by atoms with Crippen molar-refractivity contribution in [2.24, 2.45) is 11.6 Å². The molecule has 0 fully saturated rings. The van der Waals surface area contributed by atoms with Crippen molar-refractivity contribution in [1.29, 1.82) is 0 Å². The highest BCUT2D eigenvalue weighted by Gasteiger charge is 2.14. The fourth-order valence-electron chi connectivity index (χ4n) is 1.62. The highest BCUT2D eigenvalue weighted by molar-refractivity contribution is 7.80. The van der Waals surface area contributed by atoms with Gasteiger partial charge in [-0.15, -0.1) is 0 Å². The monoisotopic (exact) mass is 297 g/mol. The number of nitrogens with zero attached hydrogens (tertiary/aromatic N) is 1. The molecular formula is C13H19N3O3S. The molecule has 0 spiro atoms. The number of hydrogen-bond donors (Lipinski definition) is 2. The summed E-state index contributed by atoms with van der Waals surface area (Å²) in [6, 6.07) is 5.30. The van der Waals surface area contributed by atoms with Gasteiger partial charge in [0.15, 0.2) is 5.11 Å². The van der Waals surface area contributed by atoms with Crippen LogP contribution >= 0.6 is 12.2 Å². The zero-order valence-electron chi connectivity index (χ0n) is 11.6. The van der Waals surface area contributed by atoms with Crippen LogP contribution in [-0.4, -0.2) is 29.2 Å². The van der Waals surface area contributed by atoms with Gasteiger partial charge in [0.2, 0.25) is 5.91 Å². The molecule has 0 unspecified atom stereocenters. The number of nitrogens with two attached hydrogens (primary N) is 2. The molecule has 0 atom stereocenters. The fraction of sp³-hybridized carbons (Fsp3) is 0.385. The van der Waals surface area contributed by atoms with Crippen molar-refractivity contribution >= 4 is 23.2 Å². The minimum absolute atomic E-state index is 0.0643. The summed E-state index contributed by atoms with van der Waals surface area (Å²) in [6.07, 6.45) is 0.0643. The van der Waals surface area contributed by atoms with Crippen molar-refractivity contribution in [3.8, 4) is 11.5 Å². The summed E-state index contributed by atoms with van der Waals surface area (Å²) in [5.74, 6) is 6.34. The Bertz CT molecular complexity index is 469. The van der Waals surface area contributed by atoms with Gasteiger partial charge in [0.1, 0.15) is 11.5 Å². The van der Waals surface area contributed by atoms with Crippen molar-refractivity contribution in [2.75, 3.05) is 13.2 Å². The minimum atomic E-state index is -0.395. The van der Waals surface area contributed by atoms with Gasteiger partial charge in [0.25, 0.3) is 0 Å². The van der Waals surface area contributed by atoms with E-state index >= 15 is 0 Å². The maximum absolute atomic E-state index is 11.8. The molecule has 0 aliphatic heterocycles. The first-order valence-electron chi connectivity index (χ1n) is 6.24. The number of hydrogen-bond acceptors (Lipinski definition) is 5. The summed E-state index contributed by atoms with van der Waals surface area (Å²) >= 11 is 4.65. The first-order valence-corrected chi connectivity index (χ1v) is 6.65.